The molecule has 2 rings (SSSR count). The minimum atomic E-state index is -4.13. The first-order chi connectivity index (χ1) is 11.1. The van der Waals surface area contributed by atoms with Gasteiger partial charge in [-0.15, -0.1) is 0 Å². The Bertz CT molecular complexity index is 862. The number of rotatable bonds is 6. The first-order valence-corrected chi connectivity index (χ1v) is 8.75. The zero-order valence-corrected chi connectivity index (χ0v) is 14.4. The summed E-state index contributed by atoms with van der Waals surface area (Å²) in [6, 6.07) is 8.44. The summed E-state index contributed by atoms with van der Waals surface area (Å²) in [6.07, 6.45) is -1.37. The first-order valence-electron chi connectivity index (χ1n) is 7.27. The van der Waals surface area contributed by atoms with Crippen LogP contribution in [0.3, 0.4) is 0 Å². The van der Waals surface area contributed by atoms with Gasteiger partial charge in [0, 0.05) is 30.6 Å². The molecule has 24 heavy (non-hydrogen) atoms. The minimum absolute atomic E-state index is 0.0319. The molecule has 0 heterocycles. The molecule has 130 valence electrons. The highest BCUT2D eigenvalue weighted by atomic mass is 32.2. The van der Waals surface area contributed by atoms with Crippen LogP contribution in [0, 0.1) is 0 Å². The molecule has 1 unspecified atom stereocenters. The van der Waals surface area contributed by atoms with Crippen molar-refractivity contribution in [3.05, 3.63) is 36.4 Å². The van der Waals surface area contributed by atoms with Gasteiger partial charge in [-0.25, -0.2) is 8.42 Å². The number of sulfonamides is 1. The SMILES string of the molecule is CC(O)[C@H](NS(=O)(=O)c1cccc2c(N(C)C)cccc12)C(=O)O. The molecule has 2 atom stereocenters. The van der Waals surface area contributed by atoms with Crippen LogP contribution >= 0.6 is 0 Å². The van der Waals surface area contributed by atoms with Gasteiger partial charge in [-0.2, -0.15) is 4.72 Å². The number of anilines is 1. The van der Waals surface area contributed by atoms with Crippen LogP contribution < -0.4 is 9.62 Å². The van der Waals surface area contributed by atoms with Gasteiger partial charge in [-0.05, 0) is 19.1 Å². The summed E-state index contributed by atoms with van der Waals surface area (Å²) in [5.74, 6) is -1.44. The van der Waals surface area contributed by atoms with Crippen LogP contribution in [0.5, 0.6) is 0 Å². The van der Waals surface area contributed by atoms with Crippen molar-refractivity contribution in [3.63, 3.8) is 0 Å². The number of nitrogens with zero attached hydrogens (tertiary/aromatic N) is 1. The summed E-state index contributed by atoms with van der Waals surface area (Å²) in [4.78, 5) is 13.0. The van der Waals surface area contributed by atoms with E-state index in [0.717, 1.165) is 11.1 Å². The lowest BCUT2D eigenvalue weighted by molar-refractivity contribution is -0.141. The molecule has 7 nitrogen and oxygen atoms in total. The van der Waals surface area contributed by atoms with Gasteiger partial charge in [0.15, 0.2) is 0 Å². The van der Waals surface area contributed by atoms with Crippen molar-refractivity contribution in [2.24, 2.45) is 0 Å². The van der Waals surface area contributed by atoms with E-state index >= 15 is 0 Å². The van der Waals surface area contributed by atoms with Crippen molar-refractivity contribution in [1.29, 1.82) is 0 Å². The third kappa shape index (κ3) is 3.50. The average Bonchev–Trinajstić information content (AvgIpc) is 2.50. The fourth-order valence-electron chi connectivity index (χ4n) is 2.47. The van der Waals surface area contributed by atoms with E-state index in [0.29, 0.717) is 5.39 Å². The summed E-state index contributed by atoms with van der Waals surface area (Å²) >= 11 is 0. The number of fused-ring (bicyclic) bond motifs is 1. The van der Waals surface area contributed by atoms with E-state index in [-0.39, 0.29) is 4.90 Å². The van der Waals surface area contributed by atoms with Gasteiger partial charge in [0.05, 0.1) is 11.0 Å². The Morgan fingerprint density at radius 1 is 1.12 bits per heavy atom. The van der Waals surface area contributed by atoms with E-state index in [9.17, 15) is 18.3 Å². The molecule has 0 saturated carbocycles. The minimum Gasteiger partial charge on any atom is -0.480 e. The smallest absolute Gasteiger partial charge is 0.324 e. The number of benzene rings is 2. The lowest BCUT2D eigenvalue weighted by atomic mass is 10.1. The van der Waals surface area contributed by atoms with Gasteiger partial charge in [0.2, 0.25) is 10.0 Å². The first kappa shape index (κ1) is 18.2. The number of carbonyl (C=O) groups is 1. The normalized spacial score (nSPS) is 14.3. The Kier molecular flexibility index (Phi) is 5.12. The van der Waals surface area contributed by atoms with Crippen LogP contribution in [-0.4, -0.2) is 50.8 Å². The molecule has 0 fully saturated rings. The Morgan fingerprint density at radius 3 is 2.25 bits per heavy atom. The van der Waals surface area contributed by atoms with Gasteiger partial charge in [0.25, 0.3) is 0 Å². The fourth-order valence-corrected chi connectivity index (χ4v) is 3.96. The van der Waals surface area contributed by atoms with Crippen molar-refractivity contribution in [2.75, 3.05) is 19.0 Å². The molecule has 0 aliphatic heterocycles. The van der Waals surface area contributed by atoms with Crippen LogP contribution in [0.15, 0.2) is 41.3 Å². The second kappa shape index (κ2) is 6.76. The van der Waals surface area contributed by atoms with E-state index in [1.165, 1.54) is 13.0 Å². The molecule has 0 aliphatic rings. The molecular formula is C16H20N2O5S. The van der Waals surface area contributed by atoms with Crippen LogP contribution in [0.25, 0.3) is 10.8 Å². The van der Waals surface area contributed by atoms with E-state index in [2.05, 4.69) is 4.72 Å². The molecule has 0 spiro atoms. The second-order valence-electron chi connectivity index (χ2n) is 5.70. The Hall–Kier alpha value is -2.16. The van der Waals surface area contributed by atoms with E-state index in [4.69, 9.17) is 5.11 Å². The zero-order chi connectivity index (χ0) is 18.1. The Balaban J connectivity index is 2.59. The van der Waals surface area contributed by atoms with Gasteiger partial charge < -0.3 is 15.1 Å². The summed E-state index contributed by atoms with van der Waals surface area (Å²) in [5, 5.41) is 19.8. The number of carboxylic acids is 1. The van der Waals surface area contributed by atoms with Gasteiger partial charge in [-0.3, -0.25) is 4.79 Å². The standard InChI is InChI=1S/C16H20N2O5S/c1-10(19)15(16(20)21)17-24(22,23)14-9-5-6-11-12(14)7-4-8-13(11)18(2)3/h4-10,15,17,19H,1-3H3,(H,20,21)/t10?,15-/m0/s1. The largest absolute Gasteiger partial charge is 0.480 e. The van der Waals surface area contributed by atoms with Crippen molar-refractivity contribution < 1.29 is 23.4 Å². The van der Waals surface area contributed by atoms with Crippen LogP contribution in [0.2, 0.25) is 0 Å². The number of aliphatic hydroxyl groups excluding tert-OH is 1. The summed E-state index contributed by atoms with van der Waals surface area (Å²) in [5.41, 5.74) is 0.842. The van der Waals surface area contributed by atoms with Crippen LogP contribution in [-0.2, 0) is 14.8 Å². The number of hydrogen-bond donors (Lipinski definition) is 3. The van der Waals surface area contributed by atoms with Gasteiger partial charge in [-0.1, -0.05) is 24.3 Å². The zero-order valence-electron chi connectivity index (χ0n) is 13.6. The maximum absolute atomic E-state index is 12.6. The summed E-state index contributed by atoms with van der Waals surface area (Å²) in [7, 11) is -0.429. The van der Waals surface area contributed by atoms with E-state index < -0.39 is 28.1 Å². The Labute approximate surface area is 140 Å². The van der Waals surface area contributed by atoms with Gasteiger partial charge in [0.1, 0.15) is 6.04 Å². The third-order valence-electron chi connectivity index (χ3n) is 3.66. The molecule has 0 amide bonds. The molecule has 0 saturated heterocycles. The molecule has 2 aromatic rings. The molecule has 2 aromatic carbocycles. The number of aliphatic hydroxyl groups is 1. The molecule has 0 aromatic heterocycles. The topological polar surface area (TPSA) is 107 Å². The number of carboxylic acid groups (broad SMARTS) is 1. The molecular weight excluding hydrogens is 332 g/mol. The van der Waals surface area contributed by atoms with E-state index in [1.54, 1.807) is 24.3 Å². The third-order valence-corrected chi connectivity index (χ3v) is 5.16. The fraction of sp³-hybridized carbons (Fsp3) is 0.312. The Morgan fingerprint density at radius 2 is 1.71 bits per heavy atom. The van der Waals surface area contributed by atoms with Gasteiger partial charge >= 0.3 is 5.97 Å². The summed E-state index contributed by atoms with van der Waals surface area (Å²) in [6.45, 7) is 1.22. The second-order valence-corrected chi connectivity index (χ2v) is 7.38. The number of aliphatic carboxylic acids is 1. The molecule has 3 N–H and O–H groups in total. The maximum Gasteiger partial charge on any atom is 0.324 e. The van der Waals surface area contributed by atoms with Crippen LogP contribution in [0.1, 0.15) is 6.92 Å². The average molecular weight is 352 g/mol. The predicted molar refractivity (Wildman–Crippen MR) is 91.7 cm³/mol. The lowest BCUT2D eigenvalue weighted by Gasteiger charge is -2.19. The molecule has 0 bridgehead atoms. The monoisotopic (exact) mass is 352 g/mol. The molecule has 0 radical (unpaired) electrons. The summed E-state index contributed by atoms with van der Waals surface area (Å²) < 4.78 is 27.4. The van der Waals surface area contributed by atoms with E-state index in [1.807, 2.05) is 25.1 Å². The highest BCUT2D eigenvalue weighted by Gasteiger charge is 2.30. The highest BCUT2D eigenvalue weighted by molar-refractivity contribution is 7.89. The highest BCUT2D eigenvalue weighted by Crippen LogP contribution is 2.30. The number of nitrogens with one attached hydrogen (secondary N) is 1. The number of hydrogen-bond acceptors (Lipinski definition) is 5. The van der Waals surface area contributed by atoms with Crippen molar-refractivity contribution >= 4 is 32.5 Å². The molecule has 8 heteroatoms. The van der Waals surface area contributed by atoms with Crippen molar-refractivity contribution in [2.45, 2.75) is 24.0 Å². The lowest BCUT2D eigenvalue weighted by Crippen LogP contribution is -2.47. The van der Waals surface area contributed by atoms with Crippen molar-refractivity contribution in [3.8, 4) is 0 Å². The quantitative estimate of drug-likeness (QED) is 0.716. The van der Waals surface area contributed by atoms with Crippen molar-refractivity contribution in [1.82, 2.24) is 4.72 Å². The predicted octanol–water partition coefficient (Wildman–Crippen LogP) is 1.02. The van der Waals surface area contributed by atoms with Crippen LogP contribution in [0.4, 0.5) is 5.69 Å². The molecule has 0 aliphatic carbocycles. The maximum atomic E-state index is 12.6.